The van der Waals surface area contributed by atoms with Gasteiger partial charge in [0.1, 0.15) is 6.04 Å². The lowest BCUT2D eigenvalue weighted by molar-refractivity contribution is -0.143. The first kappa shape index (κ1) is 12.5. The maximum absolute atomic E-state index is 11.4. The van der Waals surface area contributed by atoms with Gasteiger partial charge in [-0.1, -0.05) is 20.8 Å². The van der Waals surface area contributed by atoms with Crippen molar-refractivity contribution in [3.8, 4) is 0 Å². The summed E-state index contributed by atoms with van der Waals surface area (Å²) >= 11 is 0. The molecule has 0 aromatic carbocycles. The van der Waals surface area contributed by atoms with Gasteiger partial charge in [0.25, 0.3) is 0 Å². The molecule has 0 aromatic heterocycles. The van der Waals surface area contributed by atoms with E-state index in [4.69, 9.17) is 4.74 Å². The Morgan fingerprint density at radius 1 is 1.47 bits per heavy atom. The third-order valence-electron chi connectivity index (χ3n) is 3.71. The van der Waals surface area contributed by atoms with Crippen LogP contribution in [0.25, 0.3) is 0 Å². The Labute approximate surface area is 92.6 Å². The lowest BCUT2D eigenvalue weighted by Crippen LogP contribution is -2.41. The van der Waals surface area contributed by atoms with E-state index in [1.54, 1.807) is 0 Å². The summed E-state index contributed by atoms with van der Waals surface area (Å²) < 4.78 is 4.75. The molecule has 1 aliphatic rings. The van der Waals surface area contributed by atoms with Crippen molar-refractivity contribution in [2.45, 2.75) is 46.1 Å². The van der Waals surface area contributed by atoms with Gasteiger partial charge in [-0.2, -0.15) is 0 Å². The average Bonchev–Trinajstić information content (AvgIpc) is 2.99. The second-order valence-corrected chi connectivity index (χ2v) is 4.88. The van der Waals surface area contributed by atoms with E-state index in [1.807, 2.05) is 6.92 Å². The van der Waals surface area contributed by atoms with Gasteiger partial charge in [0.2, 0.25) is 0 Å². The monoisotopic (exact) mass is 213 g/mol. The Hall–Kier alpha value is -0.570. The number of carbonyl (C=O) groups is 1. The zero-order valence-electron chi connectivity index (χ0n) is 10.3. The van der Waals surface area contributed by atoms with Crippen molar-refractivity contribution in [1.82, 2.24) is 5.32 Å². The Kier molecular flexibility index (Phi) is 4.14. The van der Waals surface area contributed by atoms with Crippen LogP contribution in [-0.2, 0) is 9.53 Å². The molecule has 1 rings (SSSR count). The van der Waals surface area contributed by atoms with Crippen molar-refractivity contribution in [1.29, 1.82) is 0 Å². The van der Waals surface area contributed by atoms with Crippen LogP contribution in [0.15, 0.2) is 0 Å². The van der Waals surface area contributed by atoms with Crippen LogP contribution in [0, 0.1) is 11.3 Å². The summed E-state index contributed by atoms with van der Waals surface area (Å²) in [7, 11) is 1.45. The molecule has 1 fully saturated rings. The first-order valence-corrected chi connectivity index (χ1v) is 5.87. The maximum Gasteiger partial charge on any atom is 0.322 e. The van der Waals surface area contributed by atoms with Crippen LogP contribution in [0.1, 0.15) is 40.0 Å². The van der Waals surface area contributed by atoms with E-state index < -0.39 is 0 Å². The number of methoxy groups -OCH3 is 1. The minimum atomic E-state index is -0.142. The summed E-state index contributed by atoms with van der Waals surface area (Å²) in [4.78, 5) is 11.4. The molecule has 0 amide bonds. The molecule has 0 aromatic rings. The zero-order valence-corrected chi connectivity index (χ0v) is 10.3. The summed E-state index contributed by atoms with van der Waals surface area (Å²) in [5.74, 6) is 0.553. The number of esters is 1. The first-order valence-electron chi connectivity index (χ1n) is 5.87. The fourth-order valence-electron chi connectivity index (χ4n) is 1.98. The maximum atomic E-state index is 11.4. The zero-order chi connectivity index (χ0) is 11.5. The van der Waals surface area contributed by atoms with Gasteiger partial charge in [0, 0.05) is 6.54 Å². The SMILES string of the molecule is CCC(NCC1(C(C)C)CC1)C(=O)OC. The van der Waals surface area contributed by atoms with Crippen molar-refractivity contribution in [3.05, 3.63) is 0 Å². The number of carbonyl (C=O) groups excluding carboxylic acids is 1. The minimum absolute atomic E-state index is 0.133. The van der Waals surface area contributed by atoms with Gasteiger partial charge >= 0.3 is 5.97 Å². The molecule has 0 radical (unpaired) electrons. The van der Waals surface area contributed by atoms with Gasteiger partial charge in [-0.25, -0.2) is 0 Å². The van der Waals surface area contributed by atoms with Crippen LogP contribution < -0.4 is 5.32 Å². The molecule has 88 valence electrons. The Bertz CT molecular complexity index is 222. The summed E-state index contributed by atoms with van der Waals surface area (Å²) in [6, 6.07) is -0.133. The van der Waals surface area contributed by atoms with Crippen molar-refractivity contribution in [3.63, 3.8) is 0 Å². The molecule has 0 heterocycles. The molecule has 3 nitrogen and oxygen atoms in total. The Morgan fingerprint density at radius 3 is 2.40 bits per heavy atom. The summed E-state index contributed by atoms with van der Waals surface area (Å²) in [5, 5.41) is 3.33. The van der Waals surface area contributed by atoms with Gasteiger partial charge < -0.3 is 10.1 Å². The molecule has 1 saturated carbocycles. The number of nitrogens with one attached hydrogen (secondary N) is 1. The van der Waals surface area contributed by atoms with Gasteiger partial charge in [0.05, 0.1) is 7.11 Å². The highest BCUT2D eigenvalue weighted by atomic mass is 16.5. The quantitative estimate of drug-likeness (QED) is 0.685. The predicted molar refractivity (Wildman–Crippen MR) is 60.6 cm³/mol. The molecule has 0 aliphatic heterocycles. The molecule has 0 saturated heterocycles. The third kappa shape index (κ3) is 2.94. The van der Waals surface area contributed by atoms with E-state index in [2.05, 4.69) is 19.2 Å². The number of hydrogen-bond acceptors (Lipinski definition) is 3. The second-order valence-electron chi connectivity index (χ2n) is 4.88. The van der Waals surface area contributed by atoms with E-state index in [-0.39, 0.29) is 12.0 Å². The van der Waals surface area contributed by atoms with Crippen molar-refractivity contribution in [2.75, 3.05) is 13.7 Å². The average molecular weight is 213 g/mol. The van der Waals surface area contributed by atoms with E-state index in [0.717, 1.165) is 13.0 Å². The highest BCUT2D eigenvalue weighted by Crippen LogP contribution is 2.51. The second kappa shape index (κ2) is 4.97. The summed E-state index contributed by atoms with van der Waals surface area (Å²) in [6.45, 7) is 7.46. The van der Waals surface area contributed by atoms with Crippen molar-refractivity contribution in [2.24, 2.45) is 11.3 Å². The molecule has 1 unspecified atom stereocenters. The van der Waals surface area contributed by atoms with Crippen LogP contribution in [0.2, 0.25) is 0 Å². The topological polar surface area (TPSA) is 38.3 Å². The Morgan fingerprint density at radius 2 is 2.07 bits per heavy atom. The van der Waals surface area contributed by atoms with Crippen molar-refractivity contribution >= 4 is 5.97 Å². The van der Waals surface area contributed by atoms with Crippen LogP contribution in [0.4, 0.5) is 0 Å². The molecule has 15 heavy (non-hydrogen) atoms. The Balaban J connectivity index is 2.38. The molecular formula is C12H23NO2. The first-order chi connectivity index (χ1) is 7.05. The standard InChI is InChI=1S/C12H23NO2/c1-5-10(11(14)15-4)13-8-12(6-7-12)9(2)3/h9-10,13H,5-8H2,1-4H3. The molecule has 1 aliphatic carbocycles. The van der Waals surface area contributed by atoms with E-state index in [9.17, 15) is 4.79 Å². The smallest absolute Gasteiger partial charge is 0.322 e. The molecule has 3 heteroatoms. The van der Waals surface area contributed by atoms with Gasteiger partial charge in [-0.3, -0.25) is 4.79 Å². The van der Waals surface area contributed by atoms with E-state index in [1.165, 1.54) is 20.0 Å². The summed E-state index contributed by atoms with van der Waals surface area (Å²) in [5.41, 5.74) is 0.446. The molecule has 1 N–H and O–H groups in total. The van der Waals surface area contributed by atoms with Crippen LogP contribution in [0.5, 0.6) is 0 Å². The molecule has 1 atom stereocenters. The fraction of sp³-hybridized carbons (Fsp3) is 0.917. The third-order valence-corrected chi connectivity index (χ3v) is 3.71. The highest BCUT2D eigenvalue weighted by Gasteiger charge is 2.45. The van der Waals surface area contributed by atoms with E-state index >= 15 is 0 Å². The highest BCUT2D eigenvalue weighted by molar-refractivity contribution is 5.75. The van der Waals surface area contributed by atoms with Gasteiger partial charge in [-0.15, -0.1) is 0 Å². The number of rotatable bonds is 6. The largest absolute Gasteiger partial charge is 0.468 e. The molecular weight excluding hydrogens is 190 g/mol. The van der Waals surface area contributed by atoms with Crippen LogP contribution in [0.3, 0.4) is 0 Å². The summed E-state index contributed by atoms with van der Waals surface area (Å²) in [6.07, 6.45) is 3.37. The normalized spacial score (nSPS) is 20.1. The van der Waals surface area contributed by atoms with Crippen LogP contribution in [-0.4, -0.2) is 25.7 Å². The molecule has 0 spiro atoms. The van der Waals surface area contributed by atoms with E-state index in [0.29, 0.717) is 11.3 Å². The number of hydrogen-bond donors (Lipinski definition) is 1. The number of ether oxygens (including phenoxy) is 1. The minimum Gasteiger partial charge on any atom is -0.468 e. The van der Waals surface area contributed by atoms with Crippen molar-refractivity contribution < 1.29 is 9.53 Å². The predicted octanol–water partition coefficient (Wildman–Crippen LogP) is 1.96. The lowest BCUT2D eigenvalue weighted by Gasteiger charge is -2.23. The van der Waals surface area contributed by atoms with Gasteiger partial charge in [-0.05, 0) is 30.6 Å². The molecule has 0 bridgehead atoms. The lowest BCUT2D eigenvalue weighted by atomic mass is 9.92. The van der Waals surface area contributed by atoms with Crippen LogP contribution >= 0.6 is 0 Å². The van der Waals surface area contributed by atoms with Gasteiger partial charge in [0.15, 0.2) is 0 Å². The fourth-order valence-corrected chi connectivity index (χ4v) is 1.98.